The number of amides is 1. The number of carboxylic acid groups (broad SMARTS) is 1. The smallest absolute Gasteiger partial charge is 0.397 e. The van der Waals surface area contributed by atoms with Gasteiger partial charge in [0, 0.05) is 6.54 Å². The van der Waals surface area contributed by atoms with E-state index in [1.54, 1.807) is 13.8 Å². The van der Waals surface area contributed by atoms with E-state index < -0.39 is 23.9 Å². The lowest BCUT2D eigenvalue weighted by atomic mass is 10.3. The van der Waals surface area contributed by atoms with Gasteiger partial charge >= 0.3 is 17.8 Å². The summed E-state index contributed by atoms with van der Waals surface area (Å²) >= 11 is 0. The summed E-state index contributed by atoms with van der Waals surface area (Å²) in [5.74, 6) is -3.10. The van der Waals surface area contributed by atoms with Crippen LogP contribution in [0.25, 0.3) is 0 Å². The van der Waals surface area contributed by atoms with Gasteiger partial charge in [-0.15, -0.1) is 0 Å². The Labute approximate surface area is 87.8 Å². The summed E-state index contributed by atoms with van der Waals surface area (Å²) in [6.07, 6.45) is 0. The Balaban J connectivity index is 4.60. The fraction of sp³-hybridized carbons (Fsp3) is 0.667. The Morgan fingerprint density at radius 1 is 1.33 bits per heavy atom. The molecule has 0 radical (unpaired) electrons. The average molecular weight is 217 g/mol. The van der Waals surface area contributed by atoms with Crippen molar-refractivity contribution in [3.05, 3.63) is 0 Å². The van der Waals surface area contributed by atoms with E-state index in [2.05, 4.69) is 4.74 Å². The molecular formula is C9H15NO5. The highest BCUT2D eigenvalue weighted by Crippen LogP contribution is 2.01. The number of nitrogens with zero attached hydrogens (tertiary/aromatic N) is 1. The number of hydrogen-bond donors (Lipinski definition) is 1. The fourth-order valence-corrected chi connectivity index (χ4v) is 1.04. The number of rotatable bonds is 4. The van der Waals surface area contributed by atoms with Crippen LogP contribution < -0.4 is 0 Å². The van der Waals surface area contributed by atoms with Crippen molar-refractivity contribution < 1.29 is 24.2 Å². The van der Waals surface area contributed by atoms with E-state index in [0.29, 0.717) is 0 Å². The molecule has 0 aliphatic rings. The Kier molecular flexibility index (Phi) is 5.36. The van der Waals surface area contributed by atoms with E-state index in [0.717, 1.165) is 4.90 Å². The summed E-state index contributed by atoms with van der Waals surface area (Å²) in [6, 6.07) is -1.04. The summed E-state index contributed by atoms with van der Waals surface area (Å²) in [6.45, 7) is 4.73. The van der Waals surface area contributed by atoms with E-state index in [1.807, 2.05) is 0 Å². The predicted octanol–water partition coefficient (Wildman–Crippen LogP) is -0.129. The van der Waals surface area contributed by atoms with Gasteiger partial charge in [0.15, 0.2) is 0 Å². The second kappa shape index (κ2) is 6.00. The molecule has 0 spiro atoms. The van der Waals surface area contributed by atoms with Crippen LogP contribution in [0.3, 0.4) is 0 Å². The highest BCUT2D eigenvalue weighted by atomic mass is 16.5. The summed E-state index contributed by atoms with van der Waals surface area (Å²) in [4.78, 5) is 34.0. The number of hydrogen-bond acceptors (Lipinski definition) is 4. The van der Waals surface area contributed by atoms with Gasteiger partial charge in [-0.1, -0.05) is 0 Å². The fourth-order valence-electron chi connectivity index (χ4n) is 1.04. The molecule has 0 rings (SSSR count). The van der Waals surface area contributed by atoms with Crippen LogP contribution in [0.2, 0.25) is 0 Å². The van der Waals surface area contributed by atoms with Gasteiger partial charge in [-0.2, -0.15) is 0 Å². The summed E-state index contributed by atoms with van der Waals surface area (Å²) < 4.78 is 4.49. The molecule has 0 aromatic rings. The van der Waals surface area contributed by atoms with Crippen molar-refractivity contribution in [2.75, 3.05) is 13.2 Å². The molecule has 86 valence electrons. The Hall–Kier alpha value is -1.59. The largest absolute Gasteiger partial charge is 0.480 e. The Morgan fingerprint density at radius 3 is 2.20 bits per heavy atom. The van der Waals surface area contributed by atoms with E-state index in [-0.39, 0.29) is 13.2 Å². The van der Waals surface area contributed by atoms with Crippen LogP contribution in [-0.2, 0) is 19.1 Å². The van der Waals surface area contributed by atoms with Gasteiger partial charge in [0.05, 0.1) is 6.61 Å². The van der Waals surface area contributed by atoms with Crippen molar-refractivity contribution in [1.82, 2.24) is 4.90 Å². The topological polar surface area (TPSA) is 83.9 Å². The normalized spacial score (nSPS) is 11.7. The van der Waals surface area contributed by atoms with Crippen LogP contribution >= 0.6 is 0 Å². The van der Waals surface area contributed by atoms with E-state index in [4.69, 9.17) is 5.11 Å². The van der Waals surface area contributed by atoms with Crippen molar-refractivity contribution in [1.29, 1.82) is 0 Å². The molecule has 6 heteroatoms. The maximum atomic E-state index is 11.4. The van der Waals surface area contributed by atoms with Gasteiger partial charge in [0.25, 0.3) is 0 Å². The van der Waals surface area contributed by atoms with Gasteiger partial charge in [-0.25, -0.2) is 9.59 Å². The number of carbonyl (C=O) groups excluding carboxylic acids is 2. The number of carboxylic acids is 1. The van der Waals surface area contributed by atoms with E-state index in [9.17, 15) is 14.4 Å². The summed E-state index contributed by atoms with van der Waals surface area (Å²) in [7, 11) is 0. The molecule has 0 aromatic heterocycles. The molecule has 0 aliphatic carbocycles. The van der Waals surface area contributed by atoms with E-state index >= 15 is 0 Å². The monoisotopic (exact) mass is 217 g/mol. The molecule has 1 unspecified atom stereocenters. The summed E-state index contributed by atoms with van der Waals surface area (Å²) in [5.41, 5.74) is 0. The van der Waals surface area contributed by atoms with Crippen molar-refractivity contribution in [2.45, 2.75) is 26.8 Å². The first kappa shape index (κ1) is 13.4. The lowest BCUT2D eigenvalue weighted by molar-refractivity contribution is -0.163. The molecule has 0 bridgehead atoms. The van der Waals surface area contributed by atoms with Crippen LogP contribution in [0, 0.1) is 0 Å². The zero-order chi connectivity index (χ0) is 12.0. The second-order valence-corrected chi connectivity index (χ2v) is 2.83. The van der Waals surface area contributed by atoms with Gasteiger partial charge in [0.2, 0.25) is 0 Å². The highest BCUT2D eigenvalue weighted by molar-refractivity contribution is 6.32. The molecule has 1 amide bonds. The number of aliphatic carboxylic acids is 1. The lowest BCUT2D eigenvalue weighted by Crippen LogP contribution is -2.46. The molecule has 15 heavy (non-hydrogen) atoms. The van der Waals surface area contributed by atoms with Crippen molar-refractivity contribution >= 4 is 17.8 Å². The predicted molar refractivity (Wildman–Crippen MR) is 51.1 cm³/mol. The Morgan fingerprint density at radius 2 is 1.87 bits per heavy atom. The van der Waals surface area contributed by atoms with Gasteiger partial charge in [-0.3, -0.25) is 4.79 Å². The molecule has 0 aliphatic heterocycles. The van der Waals surface area contributed by atoms with Crippen molar-refractivity contribution in [3.63, 3.8) is 0 Å². The molecule has 1 atom stereocenters. The third-order valence-electron chi connectivity index (χ3n) is 1.88. The second-order valence-electron chi connectivity index (χ2n) is 2.83. The molecule has 0 fully saturated rings. The van der Waals surface area contributed by atoms with Crippen LogP contribution in [-0.4, -0.2) is 47.0 Å². The minimum absolute atomic E-state index is 0.0869. The number of ether oxygens (including phenoxy) is 1. The highest BCUT2D eigenvalue weighted by Gasteiger charge is 2.29. The van der Waals surface area contributed by atoms with Crippen molar-refractivity contribution in [2.24, 2.45) is 0 Å². The first-order valence-corrected chi connectivity index (χ1v) is 4.66. The first-order valence-electron chi connectivity index (χ1n) is 4.66. The lowest BCUT2D eigenvalue weighted by Gasteiger charge is -2.23. The molecule has 1 N–H and O–H groups in total. The minimum Gasteiger partial charge on any atom is -0.480 e. The quantitative estimate of drug-likeness (QED) is 0.524. The van der Waals surface area contributed by atoms with Crippen LogP contribution in [0.15, 0.2) is 0 Å². The average Bonchev–Trinajstić information content (AvgIpc) is 2.18. The molecule has 0 heterocycles. The molecule has 0 aromatic carbocycles. The zero-order valence-corrected chi connectivity index (χ0v) is 9.02. The first-order chi connectivity index (χ1) is 6.95. The third-order valence-corrected chi connectivity index (χ3v) is 1.88. The molecule has 0 saturated carbocycles. The maximum Gasteiger partial charge on any atom is 0.397 e. The molecule has 6 nitrogen and oxygen atoms in total. The number of likely N-dealkylation sites (N-methyl/N-ethyl adjacent to an activating group) is 1. The summed E-state index contributed by atoms with van der Waals surface area (Å²) in [5, 5.41) is 8.70. The standard InChI is InChI=1S/C9H15NO5/c1-4-10(6(3)8(12)13)7(11)9(14)15-5-2/h6H,4-5H2,1-3H3,(H,12,13). The van der Waals surface area contributed by atoms with Gasteiger partial charge in [-0.05, 0) is 20.8 Å². The van der Waals surface area contributed by atoms with Gasteiger partial charge in [0.1, 0.15) is 6.04 Å². The van der Waals surface area contributed by atoms with Crippen LogP contribution in [0.1, 0.15) is 20.8 Å². The van der Waals surface area contributed by atoms with E-state index in [1.165, 1.54) is 6.92 Å². The van der Waals surface area contributed by atoms with Gasteiger partial charge < -0.3 is 14.7 Å². The number of carbonyl (C=O) groups is 3. The van der Waals surface area contributed by atoms with Crippen LogP contribution in [0.5, 0.6) is 0 Å². The minimum atomic E-state index is -1.16. The number of esters is 1. The molecular weight excluding hydrogens is 202 g/mol. The zero-order valence-electron chi connectivity index (χ0n) is 9.02. The van der Waals surface area contributed by atoms with Crippen molar-refractivity contribution in [3.8, 4) is 0 Å². The maximum absolute atomic E-state index is 11.4. The SMILES string of the molecule is CCOC(=O)C(=O)N(CC)C(C)C(=O)O. The van der Waals surface area contributed by atoms with Crippen LogP contribution in [0.4, 0.5) is 0 Å². The molecule has 0 saturated heterocycles. The third kappa shape index (κ3) is 3.57. The Bertz CT molecular complexity index is 263.